The van der Waals surface area contributed by atoms with Crippen LogP contribution in [0.3, 0.4) is 0 Å². The molecule has 0 unspecified atom stereocenters. The van der Waals surface area contributed by atoms with E-state index >= 15 is 0 Å². The van der Waals surface area contributed by atoms with E-state index in [2.05, 4.69) is 5.32 Å². The molecule has 18 heavy (non-hydrogen) atoms. The van der Waals surface area contributed by atoms with Gasteiger partial charge in [0, 0.05) is 6.54 Å². The molecule has 1 aliphatic rings. The Morgan fingerprint density at radius 1 is 1.28 bits per heavy atom. The molecule has 1 amide bonds. The highest BCUT2D eigenvalue weighted by molar-refractivity contribution is 5.89. The van der Waals surface area contributed by atoms with E-state index in [0.29, 0.717) is 19.4 Å². The minimum Gasteiger partial charge on any atom is -0.481 e. The minimum absolute atomic E-state index is 0.204. The zero-order valence-corrected chi connectivity index (χ0v) is 9.73. The molecular formula is C13H14FNO3. The number of carboxylic acid groups (broad SMARTS) is 1. The Bertz CT molecular complexity index is 458. The third-order valence-electron chi connectivity index (χ3n) is 3.07. The number of nitrogens with one attached hydrogen (secondary N) is 1. The van der Waals surface area contributed by atoms with Gasteiger partial charge < -0.3 is 10.4 Å². The van der Waals surface area contributed by atoms with Gasteiger partial charge in [0.05, 0.1) is 11.8 Å². The van der Waals surface area contributed by atoms with Crippen molar-refractivity contribution < 1.29 is 19.1 Å². The van der Waals surface area contributed by atoms with Gasteiger partial charge in [-0.15, -0.1) is 0 Å². The molecule has 2 N–H and O–H groups in total. The molecule has 5 heteroatoms. The summed E-state index contributed by atoms with van der Waals surface area (Å²) in [5, 5.41) is 11.4. The number of carboxylic acids is 1. The first-order valence-electron chi connectivity index (χ1n) is 5.83. The zero-order chi connectivity index (χ0) is 13.1. The van der Waals surface area contributed by atoms with Gasteiger partial charge in [-0.05, 0) is 30.5 Å². The van der Waals surface area contributed by atoms with Crippen molar-refractivity contribution in [2.75, 3.05) is 6.54 Å². The number of hydrogen-bond acceptors (Lipinski definition) is 2. The summed E-state index contributed by atoms with van der Waals surface area (Å²) in [5.74, 6) is -2.30. The first kappa shape index (κ1) is 12.5. The van der Waals surface area contributed by atoms with E-state index in [9.17, 15) is 14.0 Å². The molecule has 0 spiro atoms. The van der Waals surface area contributed by atoms with Gasteiger partial charge in [-0.2, -0.15) is 0 Å². The largest absolute Gasteiger partial charge is 0.481 e. The van der Waals surface area contributed by atoms with Crippen LogP contribution in [-0.4, -0.2) is 23.5 Å². The number of aliphatic carboxylic acids is 1. The van der Waals surface area contributed by atoms with Crippen LogP contribution in [0.2, 0.25) is 0 Å². The van der Waals surface area contributed by atoms with Gasteiger partial charge in [0.25, 0.3) is 0 Å². The maximum absolute atomic E-state index is 12.6. The summed E-state index contributed by atoms with van der Waals surface area (Å²) in [6.07, 6.45) is 1.04. The Kier molecular flexibility index (Phi) is 3.60. The third kappa shape index (κ3) is 3.06. The number of amides is 1. The van der Waals surface area contributed by atoms with Crippen molar-refractivity contribution in [2.24, 2.45) is 11.8 Å². The first-order chi connectivity index (χ1) is 8.58. The third-order valence-corrected chi connectivity index (χ3v) is 3.07. The van der Waals surface area contributed by atoms with Crippen LogP contribution in [-0.2, 0) is 16.0 Å². The zero-order valence-electron chi connectivity index (χ0n) is 9.73. The standard InChI is InChI=1S/C13H14FNO3/c14-9-3-1-8(2-4-9)5-6-15-12(16)10-7-11(10)13(17)18/h1-4,10-11H,5-7H2,(H,15,16)(H,17,18)/t10-,11+/m1/s1. The van der Waals surface area contributed by atoms with Gasteiger partial charge >= 0.3 is 5.97 Å². The van der Waals surface area contributed by atoms with Crippen LogP contribution in [0.5, 0.6) is 0 Å². The number of halogens is 1. The Hall–Kier alpha value is -1.91. The van der Waals surface area contributed by atoms with Gasteiger partial charge in [-0.25, -0.2) is 4.39 Å². The molecule has 1 aliphatic carbocycles. The fourth-order valence-electron chi connectivity index (χ4n) is 1.87. The summed E-state index contributed by atoms with van der Waals surface area (Å²) in [5.41, 5.74) is 0.933. The lowest BCUT2D eigenvalue weighted by molar-refractivity contribution is -0.140. The van der Waals surface area contributed by atoms with Crippen molar-refractivity contribution in [3.8, 4) is 0 Å². The van der Waals surface area contributed by atoms with Crippen molar-refractivity contribution in [2.45, 2.75) is 12.8 Å². The topological polar surface area (TPSA) is 66.4 Å². The number of hydrogen-bond donors (Lipinski definition) is 2. The normalized spacial score (nSPS) is 21.4. The van der Waals surface area contributed by atoms with Crippen LogP contribution in [0, 0.1) is 17.7 Å². The van der Waals surface area contributed by atoms with Crippen LogP contribution in [0.4, 0.5) is 4.39 Å². The summed E-state index contributed by atoms with van der Waals surface area (Å²) in [6, 6.07) is 6.08. The molecule has 0 bridgehead atoms. The van der Waals surface area contributed by atoms with Crippen LogP contribution >= 0.6 is 0 Å². The lowest BCUT2D eigenvalue weighted by Gasteiger charge is -2.04. The number of rotatable bonds is 5. The molecule has 4 nitrogen and oxygen atoms in total. The predicted molar refractivity (Wildman–Crippen MR) is 62.3 cm³/mol. The van der Waals surface area contributed by atoms with E-state index in [-0.39, 0.29) is 17.6 Å². The van der Waals surface area contributed by atoms with Crippen LogP contribution < -0.4 is 5.32 Å². The second-order valence-electron chi connectivity index (χ2n) is 4.45. The van der Waals surface area contributed by atoms with E-state index < -0.39 is 11.9 Å². The van der Waals surface area contributed by atoms with Crippen molar-refractivity contribution in [3.05, 3.63) is 35.6 Å². The highest BCUT2D eigenvalue weighted by atomic mass is 19.1. The summed E-state index contributed by atoms with van der Waals surface area (Å²) < 4.78 is 12.6. The number of benzene rings is 1. The average molecular weight is 251 g/mol. The lowest BCUT2D eigenvalue weighted by Crippen LogP contribution is -2.28. The van der Waals surface area contributed by atoms with Crippen LogP contribution in [0.25, 0.3) is 0 Å². The number of carbonyl (C=O) groups is 2. The molecule has 1 saturated carbocycles. The Balaban J connectivity index is 1.71. The molecule has 0 aromatic heterocycles. The molecule has 0 heterocycles. The summed E-state index contributed by atoms with van der Waals surface area (Å²) in [4.78, 5) is 22.1. The monoisotopic (exact) mass is 251 g/mol. The van der Waals surface area contributed by atoms with E-state index in [4.69, 9.17) is 5.11 Å². The molecule has 1 fully saturated rings. The molecule has 1 aromatic carbocycles. The maximum Gasteiger partial charge on any atom is 0.307 e. The molecule has 0 saturated heterocycles. The van der Waals surface area contributed by atoms with Crippen molar-refractivity contribution >= 4 is 11.9 Å². The molecule has 1 aromatic rings. The summed E-state index contributed by atoms with van der Waals surface area (Å²) >= 11 is 0. The smallest absolute Gasteiger partial charge is 0.307 e. The molecular weight excluding hydrogens is 237 g/mol. The highest BCUT2D eigenvalue weighted by Crippen LogP contribution is 2.38. The van der Waals surface area contributed by atoms with Gasteiger partial charge in [0.1, 0.15) is 5.82 Å². The van der Waals surface area contributed by atoms with Gasteiger partial charge in [0.2, 0.25) is 5.91 Å². The van der Waals surface area contributed by atoms with Crippen LogP contribution in [0.1, 0.15) is 12.0 Å². The molecule has 96 valence electrons. The van der Waals surface area contributed by atoms with E-state index in [1.165, 1.54) is 12.1 Å². The molecule has 0 radical (unpaired) electrons. The fourth-order valence-corrected chi connectivity index (χ4v) is 1.87. The number of carbonyl (C=O) groups excluding carboxylic acids is 1. The molecule has 0 aliphatic heterocycles. The molecule has 2 rings (SSSR count). The van der Waals surface area contributed by atoms with Gasteiger partial charge in [0.15, 0.2) is 0 Å². The molecule has 2 atom stereocenters. The van der Waals surface area contributed by atoms with Gasteiger partial charge in [-0.1, -0.05) is 12.1 Å². The van der Waals surface area contributed by atoms with Crippen molar-refractivity contribution in [1.29, 1.82) is 0 Å². The van der Waals surface area contributed by atoms with Gasteiger partial charge in [-0.3, -0.25) is 9.59 Å². The Morgan fingerprint density at radius 2 is 1.94 bits per heavy atom. The van der Waals surface area contributed by atoms with E-state index in [1.807, 2.05) is 0 Å². The minimum atomic E-state index is -0.909. The van der Waals surface area contributed by atoms with E-state index in [1.54, 1.807) is 12.1 Å². The highest BCUT2D eigenvalue weighted by Gasteiger charge is 2.48. The summed E-state index contributed by atoms with van der Waals surface area (Å²) in [7, 11) is 0. The van der Waals surface area contributed by atoms with Crippen molar-refractivity contribution in [3.63, 3.8) is 0 Å². The fraction of sp³-hybridized carbons (Fsp3) is 0.385. The second-order valence-corrected chi connectivity index (χ2v) is 4.45. The maximum atomic E-state index is 12.6. The Morgan fingerprint density at radius 3 is 2.50 bits per heavy atom. The Labute approximate surface area is 104 Å². The summed E-state index contributed by atoms with van der Waals surface area (Å²) in [6.45, 7) is 0.438. The first-order valence-corrected chi connectivity index (χ1v) is 5.83. The quantitative estimate of drug-likeness (QED) is 0.826. The van der Waals surface area contributed by atoms with Crippen LogP contribution in [0.15, 0.2) is 24.3 Å². The van der Waals surface area contributed by atoms with Crippen molar-refractivity contribution in [1.82, 2.24) is 5.32 Å². The SMILES string of the molecule is O=C(O)[C@H]1C[C@H]1C(=O)NCCc1ccc(F)cc1. The van der Waals surface area contributed by atoms with E-state index in [0.717, 1.165) is 5.56 Å². The second kappa shape index (κ2) is 5.16. The lowest BCUT2D eigenvalue weighted by atomic mass is 10.1. The predicted octanol–water partition coefficient (Wildman–Crippen LogP) is 1.21. The average Bonchev–Trinajstić information content (AvgIpc) is 3.11.